The van der Waals surface area contributed by atoms with Crippen LogP contribution in [0.3, 0.4) is 0 Å². The number of halogens is 5. The zero-order chi connectivity index (χ0) is 75.4. The van der Waals surface area contributed by atoms with Gasteiger partial charge in [-0.1, -0.05) is 30.3 Å². The van der Waals surface area contributed by atoms with Crippen LogP contribution in [0.15, 0.2) is 48.5 Å². The smallest absolute Gasteiger partial charge is 0.240 e. The number of nitrogens with one attached hydrogen (secondary N) is 9. The number of fused-ring (bicyclic) bond motifs is 3. The Hall–Kier alpha value is -2.21. The predicted octanol–water partition coefficient (Wildman–Crippen LogP) is -0.709. The van der Waals surface area contributed by atoms with Crippen LogP contribution in [0.5, 0.6) is 0 Å². The van der Waals surface area contributed by atoms with Gasteiger partial charge >= 0.3 is 0 Å². The highest BCUT2D eigenvalue weighted by Crippen LogP contribution is 2.37. The Kier molecular flexibility index (Phi) is 33.3. The maximum Gasteiger partial charge on any atom is 0.240 e. The molecule has 2 aromatic rings. The van der Waals surface area contributed by atoms with E-state index in [1.807, 2.05) is 19.2 Å². The minimum absolute atomic E-state index is 0.0811. The van der Waals surface area contributed by atoms with Crippen LogP contribution in [0.1, 0.15) is 70.4 Å². The summed E-state index contributed by atoms with van der Waals surface area (Å²) in [6, 6.07) is 9.70. The predicted molar refractivity (Wildman–Crippen MR) is 392 cm³/mol. The Morgan fingerprint density at radius 2 is 0.856 bits per heavy atom. The molecule has 0 aliphatic carbocycles. The summed E-state index contributed by atoms with van der Waals surface area (Å²) < 4.78 is 63.3. The number of aliphatic hydroxyl groups excluding tert-OH is 9. The van der Waals surface area contributed by atoms with Gasteiger partial charge in [0.25, 0.3) is 0 Å². The third-order valence-corrected chi connectivity index (χ3v) is 24.9. The molecule has 104 heavy (non-hydrogen) atoms. The average molecular weight is 1590 g/mol. The Balaban J connectivity index is 0.000000182. The van der Waals surface area contributed by atoms with Crippen LogP contribution in [0.2, 0.25) is 0 Å². The zero-order valence-corrected chi connectivity index (χ0v) is 64.1. The molecule has 0 radical (unpaired) electrons. The number of hydrogen-bond acceptors (Lipinski definition) is 27. The number of ether oxygens (including phenoxy) is 6. The van der Waals surface area contributed by atoms with E-state index in [1.165, 1.54) is 53.5 Å². The second-order valence-electron chi connectivity index (χ2n) is 28.5. The molecule has 9 unspecified atom stereocenters. The summed E-state index contributed by atoms with van der Waals surface area (Å²) in [5.41, 5.74) is -0.791. The van der Waals surface area contributed by atoms with Crippen LogP contribution in [0, 0.1) is 29.4 Å². The Labute approximate surface area is 634 Å². The molecular weight excluding hydrogens is 1480 g/mol. The lowest BCUT2D eigenvalue weighted by molar-refractivity contribution is -0.205. The van der Waals surface area contributed by atoms with Crippen molar-refractivity contribution in [2.75, 3.05) is 65.3 Å². The molecule has 11 rings (SSSR count). The zero-order valence-electron chi connectivity index (χ0n) is 59.4. The molecule has 9 aliphatic heterocycles. The van der Waals surface area contributed by atoms with E-state index in [0.29, 0.717) is 64.1 Å². The van der Waals surface area contributed by atoms with Crippen molar-refractivity contribution >= 4 is 87.8 Å². The molecule has 0 saturated carbocycles. The van der Waals surface area contributed by atoms with Gasteiger partial charge in [0, 0.05) is 94.0 Å². The number of benzene rings is 2. The van der Waals surface area contributed by atoms with E-state index < -0.39 is 142 Å². The van der Waals surface area contributed by atoms with E-state index in [2.05, 4.69) is 47.9 Å². The maximum atomic E-state index is 14.0. The van der Waals surface area contributed by atoms with E-state index >= 15 is 0 Å². The third kappa shape index (κ3) is 21.3. The van der Waals surface area contributed by atoms with Gasteiger partial charge in [-0.05, 0) is 109 Å². The molecular formula is C69H108Cl3F2N9O18S3. The van der Waals surface area contributed by atoms with Gasteiger partial charge in [0.2, 0.25) is 17.7 Å². The second-order valence-corrected chi connectivity index (χ2v) is 33.4. The SMILES string of the molecule is CNC1CCO[C@@H]2[C@H](CN[C@@H]2C(=O)N[C@H]([C@H](C)Cl)[C@H]2OC(SC)[C@H](O)[C@H](O)C2O)C1.CSC1O[C@H]([C@H](NC(=O)[C@H]2NC[C@@H]3CC(NCc4cccc(F)c4)CCO[C@H]32)[C@H](C)Cl)C(O)[C@@H](O)[C@H]1O.CSC1O[C@H]([C@H](NC(=O)[C@H]2NC[C@@H]3CC(NCc4ccccc4F)CCO[C@H]32)[C@H](C)Cl)C(O)[C@@H](O)[C@H]1O. The maximum absolute atomic E-state index is 14.0. The first kappa shape index (κ1) is 85.8. The standard InChI is InChI=1S/2C25H37ClFN3O6S.C19H34ClN3O6S/c1-12(26)17(23-20(32)19(31)21(33)25(36-23)37-2)30-24(34)18-22-14(11-29-18)9-16(6-7-35-22)28-10-13-4-3-5-15(27)8-13;1-12(26)17(23-20(32)19(31)21(33)25(36-23)37-2)30-24(34)18-22-14(11-29-18)9-15(7-8-35-22)28-10-13-5-3-4-6-16(13)27;1-8(20)11(17-14(25)13(24)15(26)19(29-17)30-3)23-18(27)12-16-9(7-22-12)6-10(21-2)4-5-28-16/h3-5,8,12,14,16-23,25,28-29,31-33H,6-7,9-11H2,1-2H3,(H,30,34);3-6,12,14-15,17-23,25,28-29,31-33H,7-11H2,1-2H3,(H,30,34);8-17,19,21-22,24-26H,4-7H2,1-3H3,(H,23,27)/t12-,14-,16?,17+,18-,19+,20?,21+,22+,23+,25?;12-,14-,15?,17+,18-,19+,20?,21+,22+,23+,25?;8-,9-,10?,11+,12-,13+,14?,15+,16+,17+,19?/m000/s1. The minimum Gasteiger partial charge on any atom is -0.388 e. The van der Waals surface area contributed by atoms with E-state index in [0.717, 1.165) is 44.1 Å². The number of alkyl halides is 3. The van der Waals surface area contributed by atoms with Crippen molar-refractivity contribution in [1.29, 1.82) is 0 Å². The largest absolute Gasteiger partial charge is 0.388 e. The van der Waals surface area contributed by atoms with Gasteiger partial charge in [0.15, 0.2) is 0 Å². The number of hydrogen-bond donors (Lipinski definition) is 18. The fourth-order valence-corrected chi connectivity index (χ4v) is 18.2. The fraction of sp³-hybridized carbons (Fsp3) is 0.783. The van der Waals surface area contributed by atoms with Gasteiger partial charge in [0.1, 0.15) is 119 Å². The van der Waals surface area contributed by atoms with Crippen LogP contribution in [0.25, 0.3) is 0 Å². The topological polar surface area (TPSA) is 397 Å². The molecule has 590 valence electrons. The van der Waals surface area contributed by atoms with Crippen molar-refractivity contribution < 1.29 is 97.5 Å². The molecule has 3 amide bonds. The summed E-state index contributed by atoms with van der Waals surface area (Å²) in [4.78, 5) is 39.9. The Morgan fingerprint density at radius 1 is 0.500 bits per heavy atom. The highest BCUT2D eigenvalue weighted by atomic mass is 35.5. The van der Waals surface area contributed by atoms with E-state index in [1.54, 1.807) is 57.7 Å². The Bertz CT molecular complexity index is 3030. The number of thioether (sulfide) groups is 3. The van der Waals surface area contributed by atoms with Gasteiger partial charge in [0.05, 0.1) is 52.6 Å². The molecule has 35 heteroatoms. The lowest BCUT2D eigenvalue weighted by Crippen LogP contribution is -2.65. The van der Waals surface area contributed by atoms with Gasteiger partial charge in [-0.25, -0.2) is 8.78 Å². The monoisotopic (exact) mass is 1590 g/mol. The van der Waals surface area contributed by atoms with Crippen LogP contribution < -0.4 is 47.9 Å². The molecule has 9 fully saturated rings. The number of rotatable bonds is 22. The molecule has 0 spiro atoms. The third-order valence-electron chi connectivity index (χ3n) is 21.5. The summed E-state index contributed by atoms with van der Waals surface area (Å²) in [6.45, 7) is 9.40. The van der Waals surface area contributed by atoms with Crippen LogP contribution in [0.4, 0.5) is 8.78 Å². The number of amides is 3. The van der Waals surface area contributed by atoms with Gasteiger partial charge in [-0.15, -0.1) is 70.1 Å². The van der Waals surface area contributed by atoms with Crippen LogP contribution >= 0.6 is 70.1 Å². The summed E-state index contributed by atoms with van der Waals surface area (Å²) in [5, 5.41) is 120. The van der Waals surface area contributed by atoms with Crippen molar-refractivity contribution in [3.63, 3.8) is 0 Å². The van der Waals surface area contributed by atoms with Crippen LogP contribution in [-0.4, -0.2) is 307 Å². The van der Waals surface area contributed by atoms with Crippen molar-refractivity contribution in [1.82, 2.24) is 47.9 Å². The van der Waals surface area contributed by atoms with Crippen molar-refractivity contribution in [3.8, 4) is 0 Å². The molecule has 2 aromatic carbocycles. The highest BCUT2D eigenvalue weighted by molar-refractivity contribution is 7.99. The second kappa shape index (κ2) is 40.3. The lowest BCUT2D eigenvalue weighted by Gasteiger charge is -2.44. The summed E-state index contributed by atoms with van der Waals surface area (Å²) in [6.07, 6.45) is -6.05. The van der Waals surface area contributed by atoms with Crippen LogP contribution in [-0.2, 0) is 55.9 Å². The molecule has 9 aliphatic rings. The van der Waals surface area contributed by atoms with Crippen molar-refractivity contribution in [3.05, 3.63) is 71.3 Å². The Morgan fingerprint density at radius 3 is 1.20 bits per heavy atom. The van der Waals surface area contributed by atoms with E-state index in [4.69, 9.17) is 63.2 Å². The number of aliphatic hydroxyl groups is 9. The first-order valence-corrected chi connectivity index (χ1v) is 41.0. The van der Waals surface area contributed by atoms with E-state index in [-0.39, 0.29) is 77.5 Å². The molecule has 33 atom stereocenters. The van der Waals surface area contributed by atoms with E-state index in [9.17, 15) is 69.1 Å². The average Bonchev–Trinajstić information content (AvgIpc) is 0.913. The summed E-state index contributed by atoms with van der Waals surface area (Å²) >= 11 is 22.8. The fourth-order valence-electron chi connectivity index (χ4n) is 15.6. The molecule has 18 N–H and O–H groups in total. The summed E-state index contributed by atoms with van der Waals surface area (Å²) in [5.74, 6) is -1.03. The number of carbonyl (C=O) groups is 3. The molecule has 0 aromatic heterocycles. The normalized spacial score (nSPS) is 39.6. The number of carbonyl (C=O) groups excluding carboxylic acids is 3. The van der Waals surface area contributed by atoms with Gasteiger partial charge in [-0.3, -0.25) is 14.4 Å². The molecule has 27 nitrogen and oxygen atoms in total. The lowest BCUT2D eigenvalue weighted by atomic mass is 9.92. The minimum atomic E-state index is -1.43. The highest BCUT2D eigenvalue weighted by Gasteiger charge is 2.54. The quantitative estimate of drug-likeness (QED) is 0.0648. The van der Waals surface area contributed by atoms with Crippen molar-refractivity contribution in [2.24, 2.45) is 17.8 Å². The van der Waals surface area contributed by atoms with Crippen molar-refractivity contribution in [2.45, 2.75) is 251 Å². The van der Waals surface area contributed by atoms with Gasteiger partial charge in [-0.2, -0.15) is 0 Å². The van der Waals surface area contributed by atoms with Gasteiger partial charge < -0.3 is 122 Å². The first-order chi connectivity index (χ1) is 49.7. The molecule has 9 heterocycles. The first-order valence-electron chi connectivity index (χ1n) is 35.9. The molecule has 9 saturated heterocycles. The molecule has 0 bridgehead atoms. The summed E-state index contributed by atoms with van der Waals surface area (Å²) in [7, 11) is 1.94.